The Labute approximate surface area is 152 Å². The van der Waals surface area contributed by atoms with Crippen molar-refractivity contribution in [2.75, 3.05) is 20.3 Å². The first-order valence-electron chi connectivity index (χ1n) is 8.87. The van der Waals surface area contributed by atoms with E-state index in [9.17, 15) is 4.79 Å². The fourth-order valence-corrected chi connectivity index (χ4v) is 3.47. The predicted octanol–water partition coefficient (Wildman–Crippen LogP) is 3.09. The molecule has 0 saturated carbocycles. The lowest BCUT2D eigenvalue weighted by molar-refractivity contribution is -0.126. The Morgan fingerprint density at radius 2 is 2.19 bits per heavy atom. The average molecular weight is 350 g/mol. The van der Waals surface area contributed by atoms with Gasteiger partial charge in [-0.05, 0) is 48.2 Å². The molecule has 0 aliphatic carbocycles. The van der Waals surface area contributed by atoms with Gasteiger partial charge in [-0.2, -0.15) is 0 Å². The van der Waals surface area contributed by atoms with Crippen molar-refractivity contribution in [3.63, 3.8) is 0 Å². The number of carbonyl (C=O) groups excluding carboxylic acids is 1. The number of methoxy groups -OCH3 is 1. The number of rotatable bonds is 5. The summed E-state index contributed by atoms with van der Waals surface area (Å²) < 4.78 is 11.0. The van der Waals surface area contributed by atoms with Crippen LogP contribution in [0, 0.1) is 5.92 Å². The van der Waals surface area contributed by atoms with Crippen LogP contribution in [0.25, 0.3) is 10.9 Å². The standard InChI is InChI=1S/C21H22N2O3/c1-25-17-6-7-20-15(11-17)10-16(13-26-20)21(24)22-9-8-14-12-23-19-5-3-2-4-18(14)19/h2-7,11-12,16,23H,8-10,13H2,1H3,(H,22,24)/t16-/m0/s1. The van der Waals surface area contributed by atoms with Crippen molar-refractivity contribution in [3.8, 4) is 11.5 Å². The van der Waals surface area contributed by atoms with Crippen molar-refractivity contribution in [1.82, 2.24) is 10.3 Å². The Morgan fingerprint density at radius 3 is 3.08 bits per heavy atom. The average Bonchev–Trinajstić information content (AvgIpc) is 3.10. The number of ether oxygens (including phenoxy) is 2. The summed E-state index contributed by atoms with van der Waals surface area (Å²) in [6.45, 7) is 1.03. The molecule has 26 heavy (non-hydrogen) atoms. The van der Waals surface area contributed by atoms with E-state index in [1.807, 2.05) is 36.5 Å². The molecule has 3 aromatic rings. The first-order valence-corrected chi connectivity index (χ1v) is 8.87. The molecule has 1 amide bonds. The van der Waals surface area contributed by atoms with Gasteiger partial charge in [-0.3, -0.25) is 4.79 Å². The number of hydrogen-bond donors (Lipinski definition) is 2. The van der Waals surface area contributed by atoms with Crippen LogP contribution in [-0.2, 0) is 17.6 Å². The summed E-state index contributed by atoms with van der Waals surface area (Å²) in [5.41, 5.74) is 3.36. The van der Waals surface area contributed by atoms with Gasteiger partial charge in [0.05, 0.1) is 13.0 Å². The van der Waals surface area contributed by atoms with Crippen molar-refractivity contribution in [2.24, 2.45) is 5.92 Å². The first-order chi connectivity index (χ1) is 12.7. The molecule has 0 bridgehead atoms. The third-order valence-corrected chi connectivity index (χ3v) is 4.91. The van der Waals surface area contributed by atoms with Crippen molar-refractivity contribution in [1.29, 1.82) is 0 Å². The molecule has 0 spiro atoms. The van der Waals surface area contributed by atoms with Crippen molar-refractivity contribution < 1.29 is 14.3 Å². The lowest BCUT2D eigenvalue weighted by atomic mass is 9.95. The minimum Gasteiger partial charge on any atom is -0.497 e. The molecule has 5 heteroatoms. The van der Waals surface area contributed by atoms with Crippen LogP contribution in [0.15, 0.2) is 48.7 Å². The molecule has 0 fully saturated rings. The molecular formula is C21H22N2O3. The Bertz CT molecular complexity index is 932. The molecule has 0 unspecified atom stereocenters. The maximum atomic E-state index is 12.5. The summed E-state index contributed by atoms with van der Waals surface area (Å²) in [7, 11) is 1.64. The van der Waals surface area contributed by atoms with Crippen molar-refractivity contribution in [2.45, 2.75) is 12.8 Å². The Kier molecular flexibility index (Phi) is 4.52. The van der Waals surface area contributed by atoms with Crippen LogP contribution in [-0.4, -0.2) is 31.2 Å². The van der Waals surface area contributed by atoms with Gasteiger partial charge in [0, 0.05) is 23.6 Å². The number of fused-ring (bicyclic) bond motifs is 2. The molecular weight excluding hydrogens is 328 g/mol. The highest BCUT2D eigenvalue weighted by atomic mass is 16.5. The number of carbonyl (C=O) groups is 1. The van der Waals surface area contributed by atoms with E-state index in [2.05, 4.69) is 22.4 Å². The topological polar surface area (TPSA) is 63.3 Å². The van der Waals surface area contributed by atoms with Gasteiger partial charge in [0.15, 0.2) is 0 Å². The van der Waals surface area contributed by atoms with Crippen LogP contribution in [0.2, 0.25) is 0 Å². The summed E-state index contributed by atoms with van der Waals surface area (Å²) in [5.74, 6) is 1.50. The number of para-hydroxylation sites is 1. The van der Waals surface area contributed by atoms with Crippen molar-refractivity contribution >= 4 is 16.8 Å². The zero-order valence-electron chi connectivity index (χ0n) is 14.7. The zero-order valence-corrected chi connectivity index (χ0v) is 14.7. The van der Waals surface area contributed by atoms with E-state index in [1.54, 1.807) is 7.11 Å². The van der Waals surface area contributed by atoms with Gasteiger partial charge in [-0.25, -0.2) is 0 Å². The van der Waals surface area contributed by atoms with Gasteiger partial charge < -0.3 is 19.8 Å². The molecule has 2 N–H and O–H groups in total. The second kappa shape index (κ2) is 7.12. The number of benzene rings is 2. The maximum Gasteiger partial charge on any atom is 0.226 e. The fraction of sp³-hybridized carbons (Fsp3) is 0.286. The second-order valence-electron chi connectivity index (χ2n) is 6.59. The molecule has 4 rings (SSSR count). The molecule has 134 valence electrons. The number of aromatic amines is 1. The minimum absolute atomic E-state index is 0.0401. The normalized spacial score (nSPS) is 16.0. The van der Waals surface area contributed by atoms with Crippen LogP contribution >= 0.6 is 0 Å². The van der Waals surface area contributed by atoms with E-state index in [4.69, 9.17) is 9.47 Å². The molecule has 5 nitrogen and oxygen atoms in total. The number of amides is 1. The van der Waals surface area contributed by atoms with Crippen LogP contribution < -0.4 is 14.8 Å². The van der Waals surface area contributed by atoms with Gasteiger partial charge in [-0.15, -0.1) is 0 Å². The van der Waals surface area contributed by atoms with Gasteiger partial charge in [0.1, 0.15) is 18.1 Å². The summed E-state index contributed by atoms with van der Waals surface area (Å²) in [4.78, 5) is 15.8. The Hall–Kier alpha value is -2.95. The number of hydrogen-bond acceptors (Lipinski definition) is 3. The third-order valence-electron chi connectivity index (χ3n) is 4.91. The van der Waals surface area contributed by atoms with Gasteiger partial charge in [0.2, 0.25) is 5.91 Å². The van der Waals surface area contributed by atoms with Gasteiger partial charge >= 0.3 is 0 Å². The molecule has 1 aromatic heterocycles. The lowest BCUT2D eigenvalue weighted by Crippen LogP contribution is -2.38. The largest absolute Gasteiger partial charge is 0.497 e. The molecule has 1 aliphatic rings. The van der Waals surface area contributed by atoms with Crippen molar-refractivity contribution in [3.05, 3.63) is 59.8 Å². The van der Waals surface area contributed by atoms with E-state index in [0.29, 0.717) is 19.6 Å². The maximum absolute atomic E-state index is 12.5. The van der Waals surface area contributed by atoms with Gasteiger partial charge in [-0.1, -0.05) is 18.2 Å². The van der Waals surface area contributed by atoms with Crippen LogP contribution in [0.5, 0.6) is 11.5 Å². The summed E-state index contributed by atoms with van der Waals surface area (Å²) >= 11 is 0. The van der Waals surface area contributed by atoms with Crippen LogP contribution in [0.3, 0.4) is 0 Å². The molecule has 0 radical (unpaired) electrons. The summed E-state index contributed by atoms with van der Waals surface area (Å²) in [6.07, 6.45) is 3.49. The van der Waals surface area contributed by atoms with E-state index in [1.165, 1.54) is 10.9 Å². The van der Waals surface area contributed by atoms with E-state index in [-0.39, 0.29) is 11.8 Å². The van der Waals surface area contributed by atoms with E-state index in [0.717, 1.165) is 29.0 Å². The fourth-order valence-electron chi connectivity index (χ4n) is 3.47. The lowest BCUT2D eigenvalue weighted by Gasteiger charge is -2.25. The second-order valence-corrected chi connectivity index (χ2v) is 6.59. The van der Waals surface area contributed by atoms with Crippen LogP contribution in [0.1, 0.15) is 11.1 Å². The quantitative estimate of drug-likeness (QED) is 0.743. The smallest absolute Gasteiger partial charge is 0.226 e. The predicted molar refractivity (Wildman–Crippen MR) is 101 cm³/mol. The summed E-state index contributed by atoms with van der Waals surface area (Å²) in [6, 6.07) is 13.9. The third kappa shape index (κ3) is 3.25. The number of nitrogens with one attached hydrogen (secondary N) is 2. The first kappa shape index (κ1) is 16.5. The minimum atomic E-state index is -0.169. The van der Waals surface area contributed by atoms with Crippen LogP contribution in [0.4, 0.5) is 0 Å². The Balaban J connectivity index is 1.35. The number of H-pyrrole nitrogens is 1. The summed E-state index contributed by atoms with van der Waals surface area (Å²) in [5, 5.41) is 4.26. The molecule has 2 aromatic carbocycles. The number of aromatic nitrogens is 1. The monoisotopic (exact) mass is 350 g/mol. The van der Waals surface area contributed by atoms with E-state index >= 15 is 0 Å². The Morgan fingerprint density at radius 1 is 1.31 bits per heavy atom. The molecule has 2 heterocycles. The highest BCUT2D eigenvalue weighted by molar-refractivity contribution is 5.83. The molecule has 0 saturated heterocycles. The van der Waals surface area contributed by atoms with Gasteiger partial charge in [0.25, 0.3) is 0 Å². The molecule has 1 atom stereocenters. The van der Waals surface area contributed by atoms with E-state index < -0.39 is 0 Å². The SMILES string of the molecule is COc1ccc2c(c1)C[C@H](C(=O)NCCc1c[nH]c3ccccc13)CO2. The highest BCUT2D eigenvalue weighted by Gasteiger charge is 2.26. The highest BCUT2D eigenvalue weighted by Crippen LogP contribution is 2.30. The zero-order chi connectivity index (χ0) is 17.9. The molecule has 1 aliphatic heterocycles.